The Morgan fingerprint density at radius 3 is 2.55 bits per heavy atom. The molecule has 1 saturated heterocycles. The van der Waals surface area contributed by atoms with Crippen LogP contribution in [-0.4, -0.2) is 138 Å². The largest absolute Gasteiger partial charge is 0.513 e. The Balaban J connectivity index is 0.963. The smallest absolute Gasteiger partial charge is 0.458 e. The second-order valence-corrected chi connectivity index (χ2v) is 13.5. The van der Waals surface area contributed by atoms with Crippen molar-refractivity contribution < 1.29 is 68.3 Å². The number of pyridine rings is 1. The number of aliphatic hydroxyl groups excluding tert-OH is 4. The topological polar surface area (TPSA) is 255 Å². The van der Waals surface area contributed by atoms with Crippen LogP contribution in [0, 0.1) is 0 Å². The average molecular weight is 784 g/mol. The van der Waals surface area contributed by atoms with Crippen LogP contribution in [0.15, 0.2) is 42.1 Å². The van der Waals surface area contributed by atoms with Gasteiger partial charge in [0.2, 0.25) is 0 Å². The summed E-state index contributed by atoms with van der Waals surface area (Å²) in [6.45, 7) is 8.98. The van der Waals surface area contributed by atoms with E-state index >= 15 is 0 Å². The molecular weight excluding hydrogens is 738 g/mol. The van der Waals surface area contributed by atoms with Crippen LogP contribution in [0.2, 0.25) is 0 Å². The number of nitrogens with zero attached hydrogens (tertiary/aromatic N) is 5. The summed E-state index contributed by atoms with van der Waals surface area (Å²) in [6.07, 6.45) is -5.66. The third kappa shape index (κ3) is 7.89. The number of rotatable bonds is 14. The Bertz CT molecular complexity index is 2020. The molecule has 5 N–H and O–H groups in total. The van der Waals surface area contributed by atoms with Crippen molar-refractivity contribution in [3.8, 4) is 5.75 Å². The fourth-order valence-electron chi connectivity index (χ4n) is 6.87. The van der Waals surface area contributed by atoms with Gasteiger partial charge in [0, 0.05) is 10.9 Å². The Labute approximate surface area is 320 Å². The molecule has 0 saturated carbocycles. The minimum atomic E-state index is -1.88. The number of aliphatic hydroxyl groups is 5. The lowest BCUT2D eigenvalue weighted by molar-refractivity contribution is -0.254. The molecule has 302 valence electrons. The second kappa shape index (κ2) is 17.1. The number of hydrogen-bond acceptors (Lipinski definition) is 17. The van der Waals surface area contributed by atoms with Gasteiger partial charge in [0.15, 0.2) is 11.8 Å². The molecule has 1 fully saturated rings. The number of aromatic nitrogens is 4. The van der Waals surface area contributed by atoms with Gasteiger partial charge in [0.1, 0.15) is 49.1 Å². The maximum Gasteiger partial charge on any atom is 0.513 e. The Morgan fingerprint density at radius 1 is 1.07 bits per heavy atom. The molecule has 19 nitrogen and oxygen atoms in total. The van der Waals surface area contributed by atoms with Crippen molar-refractivity contribution in [3.63, 3.8) is 0 Å². The highest BCUT2D eigenvalue weighted by molar-refractivity contribution is 6.04. The molecule has 1 amide bonds. The first-order chi connectivity index (χ1) is 26.8. The van der Waals surface area contributed by atoms with Crippen LogP contribution in [0.3, 0.4) is 0 Å². The predicted octanol–water partition coefficient (Wildman–Crippen LogP) is 0.437. The Kier molecular flexibility index (Phi) is 12.5. The van der Waals surface area contributed by atoms with Gasteiger partial charge in [-0.25, -0.2) is 19.3 Å². The molecule has 3 aromatic rings. The van der Waals surface area contributed by atoms with Crippen LogP contribution in [0.4, 0.5) is 4.79 Å². The molecule has 56 heavy (non-hydrogen) atoms. The van der Waals surface area contributed by atoms with E-state index in [1.54, 1.807) is 32.0 Å². The molecule has 0 spiro atoms. The molecule has 2 aromatic heterocycles. The van der Waals surface area contributed by atoms with Gasteiger partial charge in [-0.3, -0.25) is 4.79 Å². The fourth-order valence-corrected chi connectivity index (χ4v) is 6.87. The molecule has 19 heteroatoms. The highest BCUT2D eigenvalue weighted by Crippen LogP contribution is 2.39. The molecule has 0 radical (unpaired) electrons. The van der Waals surface area contributed by atoms with Crippen LogP contribution in [-0.2, 0) is 52.8 Å². The van der Waals surface area contributed by atoms with Crippen LogP contribution < -0.4 is 4.74 Å². The number of esters is 1. The lowest BCUT2D eigenvalue weighted by atomic mass is 9.86. The third-order valence-electron chi connectivity index (χ3n) is 10.2. The van der Waals surface area contributed by atoms with Crippen LogP contribution >= 0.6 is 0 Å². The number of ether oxygens (including phenoxy) is 6. The molecule has 0 unspecified atom stereocenters. The van der Waals surface area contributed by atoms with Gasteiger partial charge in [0.25, 0.3) is 5.91 Å². The molecule has 5 heterocycles. The fraction of sp³-hybridized carbons (Fsp3) is 0.514. The highest BCUT2D eigenvalue weighted by atomic mass is 16.7. The van der Waals surface area contributed by atoms with E-state index in [9.17, 15) is 39.9 Å². The molecular formula is C37H45N5O14. The Morgan fingerprint density at radius 2 is 1.82 bits per heavy atom. The van der Waals surface area contributed by atoms with Crippen molar-refractivity contribution in [1.29, 1.82) is 0 Å². The Hall–Kier alpha value is -4.86. The van der Waals surface area contributed by atoms with E-state index < -0.39 is 60.9 Å². The monoisotopic (exact) mass is 783 g/mol. The lowest BCUT2D eigenvalue weighted by Gasteiger charge is -2.39. The van der Waals surface area contributed by atoms with Gasteiger partial charge >= 0.3 is 12.1 Å². The maximum absolute atomic E-state index is 13.7. The molecule has 1 aromatic carbocycles. The molecule has 6 rings (SSSR count). The number of carbonyl (C=O) groups is 3. The van der Waals surface area contributed by atoms with Gasteiger partial charge in [-0.1, -0.05) is 25.6 Å². The van der Waals surface area contributed by atoms with Crippen molar-refractivity contribution in [3.05, 3.63) is 64.6 Å². The zero-order valence-corrected chi connectivity index (χ0v) is 31.1. The van der Waals surface area contributed by atoms with E-state index in [0.29, 0.717) is 29.0 Å². The first kappa shape index (κ1) is 40.8. The van der Waals surface area contributed by atoms with Crippen molar-refractivity contribution >= 4 is 34.6 Å². The highest BCUT2D eigenvalue weighted by Gasteiger charge is 2.46. The molecule has 3 aliphatic heterocycles. The average Bonchev–Trinajstić information content (AvgIpc) is 3.80. The zero-order valence-electron chi connectivity index (χ0n) is 31.1. The minimum absolute atomic E-state index is 0.0411. The number of cyclic esters (lactones) is 1. The summed E-state index contributed by atoms with van der Waals surface area (Å²) in [4.78, 5) is 44.7. The maximum atomic E-state index is 13.7. The van der Waals surface area contributed by atoms with E-state index in [1.807, 2.05) is 6.92 Å². The minimum Gasteiger partial charge on any atom is -0.458 e. The normalized spacial score (nSPS) is 25.1. The van der Waals surface area contributed by atoms with Crippen LogP contribution in [0.5, 0.6) is 5.75 Å². The first-order valence-electron chi connectivity index (χ1n) is 18.1. The van der Waals surface area contributed by atoms with Gasteiger partial charge < -0.3 is 58.9 Å². The van der Waals surface area contributed by atoms with Gasteiger partial charge in [-0.05, 0) is 49.1 Å². The van der Waals surface area contributed by atoms with Gasteiger partial charge in [0.05, 0.1) is 68.3 Å². The summed E-state index contributed by atoms with van der Waals surface area (Å²) in [7, 11) is 0. The van der Waals surface area contributed by atoms with Crippen LogP contribution in [0.25, 0.3) is 16.6 Å². The zero-order chi connectivity index (χ0) is 40.3. The second-order valence-electron chi connectivity index (χ2n) is 13.5. The summed E-state index contributed by atoms with van der Waals surface area (Å²) in [5.74, 6) is -0.989. The SMILES string of the molecule is C=C1c2nc3ccc(OC(=O)OCCOCCOCc4cn([C@H]5O[C@@H](CO)[C@H](O)[C@@H](O)[C@@H]5O)nn4)cc3c(CC)c2CN1C(=O)C1=C(C)[C@@](O)(CC)C(=O)OC1. The van der Waals surface area contributed by atoms with Gasteiger partial charge in [-0.2, -0.15) is 0 Å². The van der Waals surface area contributed by atoms with Crippen LogP contribution in [0.1, 0.15) is 55.9 Å². The first-order valence-corrected chi connectivity index (χ1v) is 18.1. The van der Waals surface area contributed by atoms with E-state index in [-0.39, 0.29) is 69.5 Å². The van der Waals surface area contributed by atoms with Crippen molar-refractivity contribution in [2.75, 3.05) is 39.6 Å². The summed E-state index contributed by atoms with van der Waals surface area (Å²) in [5.41, 5.74) is 2.17. The van der Waals surface area contributed by atoms with Crippen molar-refractivity contribution in [2.24, 2.45) is 0 Å². The van der Waals surface area contributed by atoms with E-state index in [1.165, 1.54) is 15.8 Å². The quantitative estimate of drug-likeness (QED) is 0.0844. The molecule has 3 aliphatic rings. The van der Waals surface area contributed by atoms with E-state index in [0.717, 1.165) is 16.5 Å². The summed E-state index contributed by atoms with van der Waals surface area (Å²) >= 11 is 0. The third-order valence-corrected chi connectivity index (χ3v) is 10.2. The van der Waals surface area contributed by atoms with Crippen molar-refractivity contribution in [1.82, 2.24) is 24.9 Å². The molecule has 0 bridgehead atoms. The number of amides is 1. The van der Waals surface area contributed by atoms with E-state index in [2.05, 4.69) is 16.9 Å². The number of aryl methyl sites for hydroxylation is 1. The number of benzene rings is 1. The number of carbonyl (C=O) groups excluding carboxylic acids is 3. The van der Waals surface area contributed by atoms with Crippen molar-refractivity contribution in [2.45, 2.75) is 83.0 Å². The predicted molar refractivity (Wildman–Crippen MR) is 191 cm³/mol. The summed E-state index contributed by atoms with van der Waals surface area (Å²) < 4.78 is 33.4. The summed E-state index contributed by atoms with van der Waals surface area (Å²) in [5, 5.41) is 59.0. The lowest BCUT2D eigenvalue weighted by Crippen LogP contribution is -2.56. The number of fused-ring (bicyclic) bond motifs is 2. The standard InChI is InChI=1S/C37H45N5O14/c1-5-23-24-13-22(7-8-27(24)38-29-20(4)41(15-25(23)29)33(47)26-18-54-35(48)37(50,6-2)19(26)3)55-36(49)53-12-11-51-9-10-52-17-21-14-42(40-39-21)34-32(46)31(45)30(44)28(16-43)56-34/h7-8,13-14,28,30-32,34,43-46,50H,4-6,9-12,15-18H2,1-3H3/t28-,30-,31+,32-,34-,37-/m0/s1. The number of hydrogen-bond donors (Lipinski definition) is 5. The molecule has 0 aliphatic carbocycles. The summed E-state index contributed by atoms with van der Waals surface area (Å²) in [6, 6.07) is 4.96. The molecule has 6 atom stereocenters. The van der Waals surface area contributed by atoms with Gasteiger partial charge in [-0.15, -0.1) is 5.10 Å². The van der Waals surface area contributed by atoms with E-state index in [4.69, 9.17) is 33.4 Å².